The Balaban J connectivity index is 1.84. The van der Waals surface area contributed by atoms with Crippen LogP contribution in [0.5, 0.6) is 5.75 Å². The summed E-state index contributed by atoms with van der Waals surface area (Å²) >= 11 is 16.9. The zero-order valence-corrected chi connectivity index (χ0v) is 16.8. The minimum Gasteiger partial charge on any atom is -0.495 e. The van der Waals surface area contributed by atoms with Crippen LogP contribution in [0.25, 0.3) is 6.08 Å². The van der Waals surface area contributed by atoms with E-state index in [1.807, 2.05) is 12.1 Å². The molecule has 0 aliphatic carbocycles. The van der Waals surface area contributed by atoms with Crippen molar-refractivity contribution < 1.29 is 9.53 Å². The molecule has 3 rings (SSSR count). The summed E-state index contributed by atoms with van der Waals surface area (Å²) in [7, 11) is 1.55. The fraction of sp³-hybridized carbons (Fsp3) is 0.0588. The Morgan fingerprint density at radius 1 is 1.20 bits per heavy atom. The number of hydrogen-bond donors (Lipinski definition) is 1. The number of thioether (sulfide) groups is 1. The Bertz CT molecular complexity index is 916. The molecule has 2 aromatic carbocycles. The Hall–Kier alpha value is -1.47. The van der Waals surface area contributed by atoms with E-state index in [4.69, 9.17) is 27.9 Å². The normalized spacial score (nSPS) is 17.2. The van der Waals surface area contributed by atoms with E-state index in [0.717, 1.165) is 10.0 Å². The number of benzene rings is 2. The summed E-state index contributed by atoms with van der Waals surface area (Å²) in [4.78, 5) is 17.1. The van der Waals surface area contributed by atoms with Crippen molar-refractivity contribution in [2.75, 3.05) is 7.11 Å². The van der Waals surface area contributed by atoms with Crippen LogP contribution >= 0.6 is 50.9 Å². The molecule has 1 saturated heterocycles. The van der Waals surface area contributed by atoms with E-state index in [1.54, 1.807) is 37.5 Å². The number of carbonyl (C=O) groups is 1. The lowest BCUT2D eigenvalue weighted by atomic mass is 10.2. The van der Waals surface area contributed by atoms with E-state index < -0.39 is 0 Å². The summed E-state index contributed by atoms with van der Waals surface area (Å²) in [6.45, 7) is 0. The van der Waals surface area contributed by atoms with Crippen LogP contribution in [0, 0.1) is 0 Å². The summed E-state index contributed by atoms with van der Waals surface area (Å²) in [6.07, 6.45) is 1.75. The van der Waals surface area contributed by atoms with Gasteiger partial charge in [-0.2, -0.15) is 0 Å². The standard InChI is InChI=1S/C17H11BrCl2N2O2S/c1-24-14-5-2-9(6-12(14)20)7-15-16(23)22-17(25-15)21-13-4-3-10(18)8-11(13)19/h2-8H,1H3,(H,21,22,23)/b15-7+. The molecule has 1 aliphatic rings. The van der Waals surface area contributed by atoms with Gasteiger partial charge in [-0.05, 0) is 53.7 Å². The van der Waals surface area contributed by atoms with E-state index in [-0.39, 0.29) is 5.91 Å². The highest BCUT2D eigenvalue weighted by Crippen LogP contribution is 2.33. The van der Waals surface area contributed by atoms with Gasteiger partial charge in [0.15, 0.2) is 5.17 Å². The van der Waals surface area contributed by atoms with Crippen LogP contribution in [0.2, 0.25) is 10.0 Å². The molecular formula is C17H11BrCl2N2O2S. The Morgan fingerprint density at radius 2 is 2.00 bits per heavy atom. The highest BCUT2D eigenvalue weighted by atomic mass is 79.9. The smallest absolute Gasteiger partial charge is 0.264 e. The summed E-state index contributed by atoms with van der Waals surface area (Å²) in [5.41, 5.74) is 1.38. The minimum absolute atomic E-state index is 0.219. The average molecular weight is 458 g/mol. The number of nitrogens with zero attached hydrogens (tertiary/aromatic N) is 1. The number of amides is 1. The van der Waals surface area contributed by atoms with Gasteiger partial charge in [-0.3, -0.25) is 4.79 Å². The zero-order valence-electron chi connectivity index (χ0n) is 12.8. The lowest BCUT2D eigenvalue weighted by Crippen LogP contribution is -2.19. The maximum atomic E-state index is 12.1. The van der Waals surface area contributed by atoms with Crippen molar-refractivity contribution in [3.05, 3.63) is 61.4 Å². The van der Waals surface area contributed by atoms with E-state index in [0.29, 0.717) is 31.6 Å². The van der Waals surface area contributed by atoms with Gasteiger partial charge in [0.1, 0.15) is 5.75 Å². The number of nitrogens with one attached hydrogen (secondary N) is 1. The summed E-state index contributed by atoms with van der Waals surface area (Å²) < 4.78 is 5.98. The van der Waals surface area contributed by atoms with E-state index in [1.165, 1.54) is 11.8 Å². The molecule has 1 fully saturated rings. The molecule has 4 nitrogen and oxygen atoms in total. The van der Waals surface area contributed by atoms with Crippen molar-refractivity contribution >= 4 is 73.7 Å². The van der Waals surface area contributed by atoms with Crippen LogP contribution in [0.4, 0.5) is 5.69 Å². The SMILES string of the molecule is COc1ccc(/C=C2/SC(=Nc3ccc(Br)cc3Cl)NC2=O)cc1Cl. The largest absolute Gasteiger partial charge is 0.495 e. The fourth-order valence-electron chi connectivity index (χ4n) is 2.09. The molecule has 0 radical (unpaired) electrons. The van der Waals surface area contributed by atoms with Gasteiger partial charge >= 0.3 is 0 Å². The molecule has 25 heavy (non-hydrogen) atoms. The minimum atomic E-state index is -0.219. The van der Waals surface area contributed by atoms with Crippen molar-refractivity contribution in [2.45, 2.75) is 0 Å². The average Bonchev–Trinajstić information content (AvgIpc) is 2.90. The van der Waals surface area contributed by atoms with Crippen LogP contribution in [0.3, 0.4) is 0 Å². The monoisotopic (exact) mass is 456 g/mol. The quantitative estimate of drug-likeness (QED) is 0.605. The molecule has 1 N–H and O–H groups in total. The predicted octanol–water partition coefficient (Wildman–Crippen LogP) is 5.66. The van der Waals surface area contributed by atoms with Gasteiger partial charge in [-0.1, -0.05) is 45.2 Å². The molecule has 1 heterocycles. The van der Waals surface area contributed by atoms with Crippen LogP contribution in [0.1, 0.15) is 5.56 Å². The molecule has 0 bridgehead atoms. The van der Waals surface area contributed by atoms with Gasteiger partial charge < -0.3 is 10.1 Å². The lowest BCUT2D eigenvalue weighted by molar-refractivity contribution is -0.115. The van der Waals surface area contributed by atoms with Gasteiger partial charge in [-0.15, -0.1) is 0 Å². The third-order valence-corrected chi connectivity index (χ3v) is 5.26. The van der Waals surface area contributed by atoms with Crippen molar-refractivity contribution in [1.29, 1.82) is 0 Å². The number of rotatable bonds is 3. The molecule has 1 aliphatic heterocycles. The zero-order chi connectivity index (χ0) is 18.0. The summed E-state index contributed by atoms with van der Waals surface area (Å²) in [6, 6.07) is 10.7. The van der Waals surface area contributed by atoms with Gasteiger partial charge in [0.2, 0.25) is 0 Å². The summed E-state index contributed by atoms with van der Waals surface area (Å²) in [5, 5.41) is 4.18. The topological polar surface area (TPSA) is 50.7 Å². The second-order valence-corrected chi connectivity index (χ2v) is 7.73. The molecule has 128 valence electrons. The predicted molar refractivity (Wildman–Crippen MR) is 108 cm³/mol. The van der Waals surface area contributed by atoms with Gasteiger partial charge in [0, 0.05) is 4.47 Å². The van der Waals surface area contributed by atoms with Crippen LogP contribution in [-0.4, -0.2) is 18.2 Å². The molecule has 2 aromatic rings. The van der Waals surface area contributed by atoms with Crippen LogP contribution in [0.15, 0.2) is 50.8 Å². The van der Waals surface area contributed by atoms with Crippen molar-refractivity contribution in [3.8, 4) is 5.75 Å². The highest BCUT2D eigenvalue weighted by molar-refractivity contribution is 9.10. The lowest BCUT2D eigenvalue weighted by Gasteiger charge is -2.03. The molecule has 0 unspecified atom stereocenters. The second kappa shape index (κ2) is 7.83. The molecule has 0 aromatic heterocycles. The molecule has 1 amide bonds. The first-order valence-corrected chi connectivity index (χ1v) is 9.41. The van der Waals surface area contributed by atoms with Crippen LogP contribution < -0.4 is 10.1 Å². The number of ether oxygens (including phenoxy) is 1. The van der Waals surface area contributed by atoms with Gasteiger partial charge in [0.05, 0.1) is 27.7 Å². The first-order chi connectivity index (χ1) is 12.0. The maximum Gasteiger partial charge on any atom is 0.264 e. The highest BCUT2D eigenvalue weighted by Gasteiger charge is 2.24. The van der Waals surface area contributed by atoms with E-state index in [9.17, 15) is 4.79 Å². The Kier molecular flexibility index (Phi) is 5.74. The molecule has 0 spiro atoms. The third kappa shape index (κ3) is 4.39. The van der Waals surface area contributed by atoms with Crippen molar-refractivity contribution in [1.82, 2.24) is 5.32 Å². The maximum absolute atomic E-state index is 12.1. The number of halogens is 3. The molecular weight excluding hydrogens is 447 g/mol. The third-order valence-electron chi connectivity index (χ3n) is 3.26. The van der Waals surface area contributed by atoms with Crippen molar-refractivity contribution in [2.24, 2.45) is 4.99 Å². The fourth-order valence-corrected chi connectivity index (χ4v) is 3.90. The van der Waals surface area contributed by atoms with E-state index in [2.05, 4.69) is 26.2 Å². The van der Waals surface area contributed by atoms with Crippen molar-refractivity contribution in [3.63, 3.8) is 0 Å². The number of methoxy groups -OCH3 is 1. The van der Waals surface area contributed by atoms with Gasteiger partial charge in [0.25, 0.3) is 5.91 Å². The van der Waals surface area contributed by atoms with E-state index >= 15 is 0 Å². The molecule has 0 atom stereocenters. The first-order valence-electron chi connectivity index (χ1n) is 7.04. The Labute approximate surface area is 167 Å². The number of aliphatic imine (C=N–C) groups is 1. The number of amidine groups is 1. The van der Waals surface area contributed by atoms with Gasteiger partial charge in [-0.25, -0.2) is 4.99 Å². The van der Waals surface area contributed by atoms with Crippen LogP contribution in [-0.2, 0) is 4.79 Å². The number of hydrogen-bond acceptors (Lipinski definition) is 4. The second-order valence-electron chi connectivity index (χ2n) is 4.97. The first kappa shape index (κ1) is 18.3. The Morgan fingerprint density at radius 3 is 2.68 bits per heavy atom. The summed E-state index contributed by atoms with van der Waals surface area (Å²) in [5.74, 6) is 0.364. The number of carbonyl (C=O) groups excluding carboxylic acids is 1. The molecule has 8 heteroatoms. The molecule has 0 saturated carbocycles.